The second-order valence-electron chi connectivity index (χ2n) is 8.38. The fourth-order valence-electron chi connectivity index (χ4n) is 3.80. The molecule has 0 radical (unpaired) electrons. The third-order valence-electron chi connectivity index (χ3n) is 5.73. The van der Waals surface area contributed by atoms with E-state index >= 15 is 0 Å². The first-order chi connectivity index (χ1) is 17.7. The Morgan fingerprint density at radius 3 is 2.38 bits per heavy atom. The molecule has 0 aromatic heterocycles. The number of barbiturate groups is 1. The van der Waals surface area contributed by atoms with Crippen LogP contribution >= 0.6 is 23.2 Å². The second kappa shape index (κ2) is 11.1. The van der Waals surface area contributed by atoms with Crippen LogP contribution in [0.25, 0.3) is 6.08 Å². The van der Waals surface area contributed by atoms with E-state index in [-0.39, 0.29) is 22.9 Å². The number of carbonyl (C=O) groups is 3. The van der Waals surface area contributed by atoms with Crippen molar-refractivity contribution in [1.82, 2.24) is 5.32 Å². The number of benzene rings is 3. The van der Waals surface area contributed by atoms with Crippen LogP contribution in [-0.2, 0) is 16.2 Å². The summed E-state index contributed by atoms with van der Waals surface area (Å²) in [5.41, 5.74) is 3.08. The summed E-state index contributed by atoms with van der Waals surface area (Å²) in [6, 6.07) is 15.1. The normalized spacial score (nSPS) is 14.7. The van der Waals surface area contributed by atoms with Crippen LogP contribution in [0.15, 0.2) is 60.2 Å². The highest BCUT2D eigenvalue weighted by atomic mass is 35.5. The maximum absolute atomic E-state index is 13.3. The lowest BCUT2D eigenvalue weighted by atomic mass is 10.1. The summed E-state index contributed by atoms with van der Waals surface area (Å²) in [6.07, 6.45) is 1.36. The molecule has 37 heavy (non-hydrogen) atoms. The number of hydrogen-bond acceptors (Lipinski definition) is 5. The molecule has 0 atom stereocenters. The molecule has 1 aliphatic heterocycles. The van der Waals surface area contributed by atoms with Crippen LogP contribution in [0.5, 0.6) is 11.5 Å². The molecule has 1 saturated heterocycles. The van der Waals surface area contributed by atoms with Gasteiger partial charge in [0.05, 0.1) is 17.3 Å². The highest BCUT2D eigenvalue weighted by Crippen LogP contribution is 2.38. The molecule has 0 spiro atoms. The Labute approximate surface area is 224 Å². The molecule has 1 aliphatic rings. The van der Waals surface area contributed by atoms with Gasteiger partial charge in [0.15, 0.2) is 11.5 Å². The van der Waals surface area contributed by atoms with Gasteiger partial charge in [-0.05, 0) is 67.8 Å². The smallest absolute Gasteiger partial charge is 0.335 e. The van der Waals surface area contributed by atoms with Gasteiger partial charge in [0.2, 0.25) is 0 Å². The first-order valence-electron chi connectivity index (χ1n) is 11.5. The van der Waals surface area contributed by atoms with Gasteiger partial charge in [-0.3, -0.25) is 14.9 Å². The lowest BCUT2D eigenvalue weighted by Gasteiger charge is -2.27. The zero-order valence-electron chi connectivity index (χ0n) is 20.4. The van der Waals surface area contributed by atoms with Gasteiger partial charge in [-0.25, -0.2) is 9.69 Å². The van der Waals surface area contributed by atoms with Gasteiger partial charge in [-0.2, -0.15) is 0 Å². The monoisotopic (exact) mass is 538 g/mol. The molecule has 0 aliphatic carbocycles. The number of anilines is 1. The quantitative estimate of drug-likeness (QED) is 0.283. The number of halogens is 2. The van der Waals surface area contributed by atoms with Crippen LogP contribution in [0.1, 0.15) is 29.2 Å². The Kier molecular flexibility index (Phi) is 7.86. The molecule has 0 bridgehead atoms. The van der Waals surface area contributed by atoms with E-state index in [1.807, 2.05) is 38.1 Å². The molecule has 0 unspecified atom stereocenters. The Balaban J connectivity index is 1.67. The summed E-state index contributed by atoms with van der Waals surface area (Å²) in [7, 11) is 0. The van der Waals surface area contributed by atoms with Gasteiger partial charge >= 0.3 is 6.03 Å². The number of carbonyl (C=O) groups excluding carboxylic acids is 3. The number of urea groups is 1. The predicted molar refractivity (Wildman–Crippen MR) is 143 cm³/mol. The Bertz CT molecular complexity index is 1420. The van der Waals surface area contributed by atoms with E-state index in [1.165, 1.54) is 6.08 Å². The minimum absolute atomic E-state index is 0.243. The topological polar surface area (TPSA) is 84.9 Å². The highest BCUT2D eigenvalue weighted by molar-refractivity contribution is 6.40. The molecule has 9 heteroatoms. The van der Waals surface area contributed by atoms with Crippen molar-refractivity contribution in [3.8, 4) is 11.5 Å². The first kappa shape index (κ1) is 26.3. The standard InChI is InChI=1S/C28H24Cl2N2O5/c1-4-36-24-14-19(13-22(30)25(24)37-15-18-10-8-16(2)9-11-18)12-20-26(33)31-28(35)32(27(20)34)23-7-5-6-21(29)17(23)3/h5-14H,4,15H2,1-3H3,(H,31,33,35)/b20-12+. The maximum Gasteiger partial charge on any atom is 0.335 e. The first-order valence-corrected chi connectivity index (χ1v) is 12.3. The fourth-order valence-corrected chi connectivity index (χ4v) is 4.24. The van der Waals surface area contributed by atoms with Crippen molar-refractivity contribution in [2.45, 2.75) is 27.4 Å². The molecule has 4 amide bonds. The largest absolute Gasteiger partial charge is 0.490 e. The SMILES string of the molecule is CCOc1cc(/C=C2\C(=O)NC(=O)N(c3cccc(Cl)c3C)C2=O)cc(Cl)c1OCc1ccc(C)cc1. The summed E-state index contributed by atoms with van der Waals surface area (Å²) in [5.74, 6) is -0.902. The van der Waals surface area contributed by atoms with Crippen molar-refractivity contribution in [2.75, 3.05) is 11.5 Å². The van der Waals surface area contributed by atoms with E-state index in [0.717, 1.165) is 16.0 Å². The van der Waals surface area contributed by atoms with Crippen molar-refractivity contribution in [2.24, 2.45) is 0 Å². The van der Waals surface area contributed by atoms with Crippen LogP contribution in [0.2, 0.25) is 10.0 Å². The highest BCUT2D eigenvalue weighted by Gasteiger charge is 2.37. The van der Waals surface area contributed by atoms with E-state index < -0.39 is 17.8 Å². The number of aryl methyl sites for hydroxylation is 1. The number of hydrogen-bond donors (Lipinski definition) is 1. The van der Waals surface area contributed by atoms with Gasteiger partial charge in [0, 0.05) is 5.02 Å². The summed E-state index contributed by atoms with van der Waals surface area (Å²) in [5, 5.41) is 2.84. The Morgan fingerprint density at radius 2 is 1.68 bits per heavy atom. The molecule has 0 saturated carbocycles. The molecular formula is C28H24Cl2N2O5. The number of amides is 4. The Hall–Kier alpha value is -3.81. The minimum Gasteiger partial charge on any atom is -0.490 e. The number of ether oxygens (including phenoxy) is 2. The average molecular weight is 539 g/mol. The molecule has 7 nitrogen and oxygen atoms in total. The van der Waals surface area contributed by atoms with Gasteiger partial charge < -0.3 is 9.47 Å². The third-order valence-corrected chi connectivity index (χ3v) is 6.42. The summed E-state index contributed by atoms with van der Waals surface area (Å²) >= 11 is 12.7. The average Bonchev–Trinajstić information content (AvgIpc) is 2.85. The van der Waals surface area contributed by atoms with E-state index in [2.05, 4.69) is 5.32 Å². The maximum atomic E-state index is 13.3. The fraction of sp³-hybridized carbons (Fsp3) is 0.179. The molecule has 3 aromatic rings. The number of nitrogens with zero attached hydrogens (tertiary/aromatic N) is 1. The lowest BCUT2D eigenvalue weighted by Crippen LogP contribution is -2.54. The van der Waals surface area contributed by atoms with Crippen molar-refractivity contribution >= 4 is 52.8 Å². The molecule has 4 rings (SSSR count). The van der Waals surface area contributed by atoms with Crippen LogP contribution in [0.3, 0.4) is 0 Å². The van der Waals surface area contributed by atoms with Crippen molar-refractivity contribution < 1.29 is 23.9 Å². The minimum atomic E-state index is -0.856. The zero-order valence-corrected chi connectivity index (χ0v) is 21.9. The summed E-state index contributed by atoms with van der Waals surface area (Å²) < 4.78 is 11.7. The van der Waals surface area contributed by atoms with Crippen molar-refractivity contribution in [3.63, 3.8) is 0 Å². The number of rotatable bonds is 7. The predicted octanol–water partition coefficient (Wildman–Crippen LogP) is 6.25. The second-order valence-corrected chi connectivity index (χ2v) is 9.19. The molecule has 1 N–H and O–H groups in total. The molecule has 3 aromatic carbocycles. The zero-order chi connectivity index (χ0) is 26.7. The lowest BCUT2D eigenvalue weighted by molar-refractivity contribution is -0.122. The van der Waals surface area contributed by atoms with Crippen LogP contribution < -0.4 is 19.7 Å². The molecular weight excluding hydrogens is 515 g/mol. The Morgan fingerprint density at radius 1 is 0.946 bits per heavy atom. The summed E-state index contributed by atoms with van der Waals surface area (Å²) in [4.78, 5) is 39.4. The number of nitrogens with one attached hydrogen (secondary N) is 1. The summed E-state index contributed by atoms with van der Waals surface area (Å²) in [6.45, 7) is 6.12. The van der Waals surface area contributed by atoms with Crippen LogP contribution in [-0.4, -0.2) is 24.5 Å². The van der Waals surface area contributed by atoms with Crippen molar-refractivity contribution in [3.05, 3.63) is 92.5 Å². The van der Waals surface area contributed by atoms with E-state index in [4.69, 9.17) is 32.7 Å². The van der Waals surface area contributed by atoms with Crippen molar-refractivity contribution in [1.29, 1.82) is 0 Å². The van der Waals surface area contributed by atoms with Gasteiger partial charge in [-0.15, -0.1) is 0 Å². The number of imide groups is 2. The van der Waals surface area contributed by atoms with Gasteiger partial charge in [-0.1, -0.05) is 59.1 Å². The molecule has 190 valence electrons. The van der Waals surface area contributed by atoms with Gasteiger partial charge in [0.25, 0.3) is 11.8 Å². The van der Waals surface area contributed by atoms with E-state index in [0.29, 0.717) is 34.3 Å². The van der Waals surface area contributed by atoms with E-state index in [1.54, 1.807) is 37.3 Å². The van der Waals surface area contributed by atoms with Crippen LogP contribution in [0, 0.1) is 13.8 Å². The molecule has 1 fully saturated rings. The third kappa shape index (κ3) is 5.63. The van der Waals surface area contributed by atoms with E-state index in [9.17, 15) is 14.4 Å². The molecule has 1 heterocycles. The van der Waals surface area contributed by atoms with Crippen LogP contribution in [0.4, 0.5) is 10.5 Å². The van der Waals surface area contributed by atoms with Gasteiger partial charge in [0.1, 0.15) is 12.2 Å².